The number of ether oxygens (including phenoxy) is 1. The second kappa shape index (κ2) is 5.19. The minimum Gasteiger partial charge on any atom is -0.508 e. The van der Waals surface area contributed by atoms with Gasteiger partial charge in [0.1, 0.15) is 12.4 Å². The van der Waals surface area contributed by atoms with Crippen molar-refractivity contribution in [1.29, 1.82) is 5.26 Å². The van der Waals surface area contributed by atoms with Crippen LogP contribution >= 0.6 is 0 Å². The van der Waals surface area contributed by atoms with Gasteiger partial charge in [-0.3, -0.25) is 0 Å². The Balaban J connectivity index is 2.09. The van der Waals surface area contributed by atoms with E-state index in [-0.39, 0.29) is 23.7 Å². The molecule has 90 valence electrons. The Morgan fingerprint density at radius 3 is 2.72 bits per heavy atom. The van der Waals surface area contributed by atoms with Crippen molar-refractivity contribution in [2.75, 3.05) is 0 Å². The van der Waals surface area contributed by atoms with Crippen molar-refractivity contribution < 1.29 is 14.2 Å². The van der Waals surface area contributed by atoms with Crippen LogP contribution < -0.4 is 4.74 Å². The number of nitriles is 1. The number of phenols is 1. The van der Waals surface area contributed by atoms with Crippen LogP contribution in [-0.2, 0) is 6.61 Å². The Morgan fingerprint density at radius 1 is 1.22 bits per heavy atom. The summed E-state index contributed by atoms with van der Waals surface area (Å²) >= 11 is 0. The van der Waals surface area contributed by atoms with E-state index in [2.05, 4.69) is 0 Å². The fourth-order valence-corrected chi connectivity index (χ4v) is 1.49. The second-order valence-electron chi connectivity index (χ2n) is 3.72. The Labute approximate surface area is 104 Å². The van der Waals surface area contributed by atoms with E-state index in [4.69, 9.17) is 10.00 Å². The molecule has 0 heterocycles. The van der Waals surface area contributed by atoms with Gasteiger partial charge in [0.05, 0.1) is 11.6 Å². The molecule has 0 atom stereocenters. The minimum absolute atomic E-state index is 0.0809. The summed E-state index contributed by atoms with van der Waals surface area (Å²) in [5.41, 5.74) is 0.982. The number of hydrogen-bond acceptors (Lipinski definition) is 3. The maximum Gasteiger partial charge on any atom is 0.166 e. The Bertz CT molecular complexity index is 605. The topological polar surface area (TPSA) is 53.2 Å². The molecule has 1 N–H and O–H groups in total. The molecule has 2 aromatic carbocycles. The van der Waals surface area contributed by atoms with Gasteiger partial charge in [0, 0.05) is 0 Å². The van der Waals surface area contributed by atoms with E-state index in [0.29, 0.717) is 0 Å². The van der Waals surface area contributed by atoms with Crippen LogP contribution in [0.15, 0.2) is 42.5 Å². The molecular formula is C14H10FNO2. The lowest BCUT2D eigenvalue weighted by Crippen LogP contribution is -1.97. The lowest BCUT2D eigenvalue weighted by molar-refractivity contribution is 0.289. The van der Waals surface area contributed by atoms with Crippen molar-refractivity contribution >= 4 is 0 Å². The molecule has 0 saturated carbocycles. The van der Waals surface area contributed by atoms with Gasteiger partial charge in [0.25, 0.3) is 0 Å². The molecule has 0 unspecified atom stereocenters. The van der Waals surface area contributed by atoms with Gasteiger partial charge in [-0.2, -0.15) is 5.26 Å². The van der Waals surface area contributed by atoms with Crippen molar-refractivity contribution in [3.63, 3.8) is 0 Å². The first-order chi connectivity index (χ1) is 8.69. The normalized spacial score (nSPS) is 9.78. The number of hydrogen-bond donors (Lipinski definition) is 1. The van der Waals surface area contributed by atoms with Gasteiger partial charge in [-0.05, 0) is 35.9 Å². The zero-order valence-electron chi connectivity index (χ0n) is 9.43. The number of nitrogens with zero attached hydrogens (tertiary/aromatic N) is 1. The molecule has 2 rings (SSSR count). The van der Waals surface area contributed by atoms with Crippen LogP contribution in [0.1, 0.15) is 11.1 Å². The molecule has 0 spiro atoms. The lowest BCUT2D eigenvalue weighted by Gasteiger charge is -2.07. The average Bonchev–Trinajstić information content (AvgIpc) is 2.37. The smallest absolute Gasteiger partial charge is 0.166 e. The zero-order valence-corrected chi connectivity index (χ0v) is 9.43. The van der Waals surface area contributed by atoms with Crippen LogP contribution in [0.2, 0.25) is 0 Å². The third-order valence-electron chi connectivity index (χ3n) is 2.37. The Morgan fingerprint density at radius 2 is 2.06 bits per heavy atom. The van der Waals surface area contributed by atoms with Gasteiger partial charge in [-0.25, -0.2) is 4.39 Å². The number of halogens is 1. The van der Waals surface area contributed by atoms with E-state index in [1.165, 1.54) is 12.1 Å². The summed E-state index contributed by atoms with van der Waals surface area (Å²) in [7, 11) is 0. The van der Waals surface area contributed by atoms with E-state index >= 15 is 0 Å². The van der Waals surface area contributed by atoms with Crippen molar-refractivity contribution in [3.8, 4) is 17.6 Å². The number of benzene rings is 2. The fourth-order valence-electron chi connectivity index (χ4n) is 1.49. The molecule has 0 saturated heterocycles. The van der Waals surface area contributed by atoms with Crippen LogP contribution in [0.3, 0.4) is 0 Å². The summed E-state index contributed by atoms with van der Waals surface area (Å²) in [6, 6.07) is 12.4. The summed E-state index contributed by atoms with van der Waals surface area (Å²) in [5.74, 6) is -0.358. The van der Waals surface area contributed by atoms with Gasteiger partial charge in [-0.15, -0.1) is 0 Å². The molecule has 0 aliphatic rings. The molecule has 2 aromatic rings. The summed E-state index contributed by atoms with van der Waals surface area (Å²) in [6.07, 6.45) is 0. The Hall–Kier alpha value is -2.54. The van der Waals surface area contributed by atoms with Gasteiger partial charge in [-0.1, -0.05) is 12.1 Å². The molecule has 0 radical (unpaired) electrons. The standard InChI is InChI=1S/C14H10FNO2/c15-13-7-10(8-16)4-5-14(13)18-9-11-2-1-3-12(17)6-11/h1-7,17H,9H2. The highest BCUT2D eigenvalue weighted by Gasteiger charge is 2.05. The van der Waals surface area contributed by atoms with Crippen LogP contribution in [-0.4, -0.2) is 5.11 Å². The summed E-state index contributed by atoms with van der Waals surface area (Å²) in [4.78, 5) is 0. The van der Waals surface area contributed by atoms with Crippen molar-refractivity contribution in [2.45, 2.75) is 6.61 Å². The first-order valence-electron chi connectivity index (χ1n) is 5.29. The van der Waals surface area contributed by atoms with Gasteiger partial charge in [0.15, 0.2) is 11.6 Å². The van der Waals surface area contributed by atoms with Gasteiger partial charge < -0.3 is 9.84 Å². The summed E-state index contributed by atoms with van der Waals surface area (Å²) in [6.45, 7) is 0.150. The van der Waals surface area contributed by atoms with Crippen LogP contribution in [0.5, 0.6) is 11.5 Å². The number of aromatic hydroxyl groups is 1. The molecule has 3 nitrogen and oxygen atoms in total. The summed E-state index contributed by atoms with van der Waals surface area (Å²) in [5, 5.41) is 17.9. The van der Waals surface area contributed by atoms with Crippen LogP contribution in [0.4, 0.5) is 4.39 Å². The highest BCUT2D eigenvalue weighted by atomic mass is 19.1. The van der Waals surface area contributed by atoms with E-state index < -0.39 is 5.82 Å². The average molecular weight is 243 g/mol. The van der Waals surface area contributed by atoms with E-state index in [0.717, 1.165) is 11.6 Å². The predicted molar refractivity (Wildman–Crippen MR) is 63.6 cm³/mol. The first kappa shape index (κ1) is 11.9. The number of rotatable bonds is 3. The largest absolute Gasteiger partial charge is 0.508 e. The minimum atomic E-state index is -0.575. The SMILES string of the molecule is N#Cc1ccc(OCc2cccc(O)c2)c(F)c1. The van der Waals surface area contributed by atoms with E-state index in [1.807, 2.05) is 6.07 Å². The van der Waals surface area contributed by atoms with Crippen molar-refractivity contribution in [3.05, 3.63) is 59.4 Å². The highest BCUT2D eigenvalue weighted by molar-refractivity contribution is 5.36. The number of phenolic OH excluding ortho intramolecular Hbond substituents is 1. The maximum atomic E-state index is 13.5. The monoisotopic (exact) mass is 243 g/mol. The molecular weight excluding hydrogens is 233 g/mol. The summed E-state index contributed by atoms with van der Waals surface area (Å²) < 4.78 is 18.8. The second-order valence-corrected chi connectivity index (χ2v) is 3.72. The highest BCUT2D eigenvalue weighted by Crippen LogP contribution is 2.20. The van der Waals surface area contributed by atoms with E-state index in [1.54, 1.807) is 24.3 Å². The molecule has 0 aliphatic carbocycles. The molecule has 4 heteroatoms. The predicted octanol–water partition coefficient (Wildman–Crippen LogP) is 2.98. The fraction of sp³-hybridized carbons (Fsp3) is 0.0714. The maximum absolute atomic E-state index is 13.5. The molecule has 0 aliphatic heterocycles. The van der Waals surface area contributed by atoms with Crippen LogP contribution in [0, 0.1) is 17.1 Å². The van der Waals surface area contributed by atoms with Gasteiger partial charge >= 0.3 is 0 Å². The zero-order chi connectivity index (χ0) is 13.0. The molecule has 0 fully saturated rings. The first-order valence-corrected chi connectivity index (χ1v) is 5.29. The molecule has 0 bridgehead atoms. The third kappa shape index (κ3) is 2.77. The molecule has 0 amide bonds. The molecule has 0 aromatic heterocycles. The van der Waals surface area contributed by atoms with Gasteiger partial charge in [0.2, 0.25) is 0 Å². The van der Waals surface area contributed by atoms with E-state index in [9.17, 15) is 9.50 Å². The van der Waals surface area contributed by atoms with Crippen molar-refractivity contribution in [1.82, 2.24) is 0 Å². The van der Waals surface area contributed by atoms with Crippen LogP contribution in [0.25, 0.3) is 0 Å². The molecule has 18 heavy (non-hydrogen) atoms. The lowest BCUT2D eigenvalue weighted by atomic mass is 10.2. The third-order valence-corrected chi connectivity index (χ3v) is 2.37. The van der Waals surface area contributed by atoms with Crippen molar-refractivity contribution in [2.24, 2.45) is 0 Å². The Kier molecular flexibility index (Phi) is 3.44. The quantitative estimate of drug-likeness (QED) is 0.901.